The third-order valence-electron chi connectivity index (χ3n) is 3.13. The predicted molar refractivity (Wildman–Crippen MR) is 131 cm³/mol. The monoisotopic (exact) mass is 475 g/mol. The first-order valence-electron chi connectivity index (χ1n) is 8.70. The number of hydrogen-bond donors (Lipinski definition) is 3. The Bertz CT molecular complexity index is 1130. The molecule has 0 aromatic carbocycles. The van der Waals surface area contributed by atoms with E-state index in [0.29, 0.717) is 24.2 Å². The summed E-state index contributed by atoms with van der Waals surface area (Å²) >= 11 is 4.53. The number of carbonyl (C=O) groups is 2. The zero-order valence-corrected chi connectivity index (χ0v) is 19.2. The second-order valence-electron chi connectivity index (χ2n) is 5.12. The molecule has 170 valence electrons. The normalized spacial score (nSPS) is 9.75. The molecule has 1 aromatic heterocycles. The highest BCUT2D eigenvalue weighted by molar-refractivity contribution is 7.75. The molecule has 1 heterocycles. The third-order valence-corrected chi connectivity index (χ3v) is 4.34. The molecule has 0 bridgehead atoms. The highest BCUT2D eigenvalue weighted by atomic mass is 32.1. The number of thiophene rings is 1. The van der Waals surface area contributed by atoms with Crippen LogP contribution in [0.15, 0.2) is 11.5 Å². The van der Waals surface area contributed by atoms with E-state index in [9.17, 15) is 9.59 Å². The molecular formula is C23H25NO6S2. The zero-order chi connectivity index (χ0) is 24.2. The van der Waals surface area contributed by atoms with Crippen LogP contribution in [0.5, 0.6) is 0 Å². The second kappa shape index (κ2) is 18.3. The fourth-order valence-electron chi connectivity index (χ4n) is 2.03. The maximum Gasteiger partial charge on any atom is 0.339 e. The Morgan fingerprint density at radius 2 is 1.91 bits per heavy atom. The summed E-state index contributed by atoms with van der Waals surface area (Å²) in [5.74, 6) is 21.7. The van der Waals surface area contributed by atoms with Crippen LogP contribution >= 0.6 is 24.2 Å². The summed E-state index contributed by atoms with van der Waals surface area (Å²) in [7, 11) is 0. The van der Waals surface area contributed by atoms with Crippen molar-refractivity contribution in [3.63, 3.8) is 0 Å². The van der Waals surface area contributed by atoms with Crippen molar-refractivity contribution in [1.82, 2.24) is 5.64 Å². The Morgan fingerprint density at radius 1 is 1.28 bits per heavy atom. The van der Waals surface area contributed by atoms with E-state index in [2.05, 4.69) is 75.5 Å². The second-order valence-corrected chi connectivity index (χ2v) is 6.19. The fraction of sp³-hybridized carbons (Fsp3) is 0.217. The molecule has 1 aliphatic carbocycles. The number of nitrogens with one attached hydrogen (secondary N) is 1. The van der Waals surface area contributed by atoms with Gasteiger partial charge in [-0.05, 0) is 84.7 Å². The van der Waals surface area contributed by atoms with Crippen molar-refractivity contribution in [2.24, 2.45) is 0 Å². The van der Waals surface area contributed by atoms with E-state index >= 15 is 0 Å². The first-order chi connectivity index (χ1) is 15.5. The number of hydrogen-bond acceptors (Lipinski definition) is 9. The summed E-state index contributed by atoms with van der Waals surface area (Å²) in [6.07, 6.45) is 6.80. The van der Waals surface area contributed by atoms with Gasteiger partial charge >= 0.3 is 5.97 Å². The molecule has 0 fully saturated rings. The van der Waals surface area contributed by atoms with E-state index < -0.39 is 0 Å². The minimum atomic E-state index is -0.335. The number of allylic oxidation sites excluding steroid dienone is 1. The lowest BCUT2D eigenvalue weighted by Crippen LogP contribution is -2.13. The van der Waals surface area contributed by atoms with Gasteiger partial charge in [-0.3, -0.25) is 4.79 Å². The van der Waals surface area contributed by atoms with Gasteiger partial charge in [0.1, 0.15) is 0 Å². The van der Waals surface area contributed by atoms with Crippen molar-refractivity contribution in [2.45, 2.75) is 27.2 Å². The number of thiol groups is 1. The van der Waals surface area contributed by atoms with Crippen molar-refractivity contribution < 1.29 is 33.1 Å². The van der Waals surface area contributed by atoms with Gasteiger partial charge in [-0.25, -0.2) is 14.3 Å². The van der Waals surface area contributed by atoms with Crippen LogP contribution in [0, 0.1) is 66.6 Å². The number of carbonyl (C=O) groups excluding carboxylic acids is 2. The Labute approximate surface area is 201 Å². The number of esters is 1. The van der Waals surface area contributed by atoms with Crippen LogP contribution in [0.2, 0.25) is 0 Å². The minimum absolute atomic E-state index is 0. The molecule has 32 heavy (non-hydrogen) atoms. The first kappa shape index (κ1) is 28.6. The number of terminal acetylenes is 1. The van der Waals surface area contributed by atoms with Crippen molar-refractivity contribution in [3.05, 3.63) is 27.5 Å². The molecule has 0 atom stereocenters. The fourth-order valence-corrected chi connectivity index (χ4v) is 3.17. The predicted octanol–water partition coefficient (Wildman–Crippen LogP) is 3.74. The number of rotatable bonds is 4. The SMILES string of the molecule is C#CC#CC#CC#CC#CC.CCOC(=O)C1=CCC(=O)c2c(C)csc21.OONOS.[HH].[HH].[HH]. The van der Waals surface area contributed by atoms with Crippen LogP contribution in [0.4, 0.5) is 0 Å². The molecule has 0 radical (unpaired) electrons. The van der Waals surface area contributed by atoms with Gasteiger partial charge in [0.05, 0.1) is 17.1 Å². The van der Waals surface area contributed by atoms with Crippen LogP contribution in [0.25, 0.3) is 5.57 Å². The van der Waals surface area contributed by atoms with E-state index in [-0.39, 0.29) is 16.0 Å². The molecule has 9 heteroatoms. The van der Waals surface area contributed by atoms with E-state index in [4.69, 9.17) is 16.4 Å². The average Bonchev–Trinajstić information content (AvgIpc) is 3.17. The van der Waals surface area contributed by atoms with Crippen LogP contribution in [-0.2, 0) is 18.8 Å². The molecule has 0 spiro atoms. The maximum atomic E-state index is 11.7. The van der Waals surface area contributed by atoms with Gasteiger partial charge in [-0.1, -0.05) is 12.0 Å². The molecule has 1 aliphatic rings. The standard InChI is InChI=1S/C12H12O3S.C11H4.H3NO3S.3H2/c1-3-15-12(14)8-4-5-9(13)10-7(2)6-16-11(8)10;1-3-5-7-9-11-10-8-6-4-2;2-3-1-4-5;;;/h4,6H,3,5H2,1-2H3;1H,2H3;1-2,5H;3*1H. The van der Waals surface area contributed by atoms with Crippen LogP contribution in [-0.4, -0.2) is 23.6 Å². The first-order valence-corrected chi connectivity index (χ1v) is 9.94. The number of fused-ring (bicyclic) bond motifs is 1. The van der Waals surface area contributed by atoms with Gasteiger partial charge in [0.15, 0.2) is 5.78 Å². The Morgan fingerprint density at radius 3 is 2.41 bits per heavy atom. The molecule has 2 N–H and O–H groups in total. The third kappa shape index (κ3) is 11.1. The van der Waals surface area contributed by atoms with Gasteiger partial charge < -0.3 is 4.74 Å². The molecular weight excluding hydrogens is 450 g/mol. The van der Waals surface area contributed by atoms with Crippen molar-refractivity contribution in [3.8, 4) is 59.7 Å². The molecule has 0 saturated heterocycles. The van der Waals surface area contributed by atoms with Gasteiger partial charge in [0.2, 0.25) is 0 Å². The topological polar surface area (TPSA) is 94.1 Å². The van der Waals surface area contributed by atoms with Crippen molar-refractivity contribution in [2.75, 3.05) is 6.61 Å². The summed E-state index contributed by atoms with van der Waals surface area (Å²) in [4.78, 5) is 27.3. The summed E-state index contributed by atoms with van der Waals surface area (Å²) in [5.41, 5.74) is 3.70. The van der Waals surface area contributed by atoms with Crippen LogP contribution < -0.4 is 5.64 Å². The molecule has 0 saturated carbocycles. The summed E-state index contributed by atoms with van der Waals surface area (Å²) in [6.45, 7) is 5.72. The summed E-state index contributed by atoms with van der Waals surface area (Å²) in [5, 5.41) is 9.18. The lowest BCUT2D eigenvalue weighted by atomic mass is 9.95. The Hall–Kier alpha value is -3.43. The number of ether oxygens (including phenoxy) is 1. The smallest absolute Gasteiger partial charge is 0.339 e. The lowest BCUT2D eigenvalue weighted by Gasteiger charge is -2.12. The van der Waals surface area contributed by atoms with Gasteiger partial charge in [0, 0.05) is 29.2 Å². The van der Waals surface area contributed by atoms with Crippen LogP contribution in [0.1, 0.15) is 45.3 Å². The highest BCUT2D eigenvalue weighted by Gasteiger charge is 2.27. The van der Waals surface area contributed by atoms with Crippen LogP contribution in [0.3, 0.4) is 0 Å². The summed E-state index contributed by atoms with van der Waals surface area (Å²) in [6, 6.07) is 0. The Kier molecular flexibility index (Phi) is 16.4. The number of aryl methyl sites for hydroxylation is 1. The molecule has 0 amide bonds. The molecule has 0 unspecified atom stereocenters. The van der Waals surface area contributed by atoms with E-state index in [1.54, 1.807) is 19.9 Å². The van der Waals surface area contributed by atoms with Gasteiger partial charge in [-0.15, -0.1) is 22.7 Å². The molecule has 1 aromatic rings. The highest BCUT2D eigenvalue weighted by Crippen LogP contribution is 2.34. The summed E-state index contributed by atoms with van der Waals surface area (Å²) < 4.78 is 8.63. The van der Waals surface area contributed by atoms with Crippen molar-refractivity contribution in [1.29, 1.82) is 0 Å². The Balaban J connectivity index is -0.000000224. The van der Waals surface area contributed by atoms with Gasteiger partial charge in [0.25, 0.3) is 0 Å². The lowest BCUT2D eigenvalue weighted by molar-refractivity contribution is -0.343. The van der Waals surface area contributed by atoms with Crippen molar-refractivity contribution >= 4 is 41.6 Å². The number of Topliss-reactive ketones (excluding diaryl/α,β-unsaturated/α-hetero) is 1. The maximum absolute atomic E-state index is 11.7. The molecule has 7 nitrogen and oxygen atoms in total. The largest absolute Gasteiger partial charge is 0.462 e. The number of ketones is 1. The van der Waals surface area contributed by atoms with E-state index in [0.717, 1.165) is 10.4 Å². The molecule has 2 rings (SSSR count). The minimum Gasteiger partial charge on any atom is -0.462 e. The van der Waals surface area contributed by atoms with Gasteiger partial charge in [-0.2, -0.15) is 0 Å². The van der Waals surface area contributed by atoms with E-state index in [1.165, 1.54) is 17.0 Å². The molecule has 0 aliphatic heterocycles. The van der Waals surface area contributed by atoms with E-state index in [1.807, 2.05) is 12.3 Å². The average molecular weight is 476 g/mol. The zero-order valence-electron chi connectivity index (χ0n) is 17.5. The quantitative estimate of drug-likeness (QED) is 0.153.